The van der Waals surface area contributed by atoms with E-state index in [1.807, 2.05) is 24.6 Å². The van der Waals surface area contributed by atoms with Crippen LogP contribution >= 0.6 is 22.7 Å². The highest BCUT2D eigenvalue weighted by Gasteiger charge is 2.14. The van der Waals surface area contributed by atoms with Crippen molar-refractivity contribution in [1.29, 1.82) is 0 Å². The first kappa shape index (κ1) is 10.3. The van der Waals surface area contributed by atoms with Crippen LogP contribution in [0, 0.1) is 13.8 Å². The third kappa shape index (κ3) is 2.05. The molecule has 0 fully saturated rings. The molecule has 0 saturated heterocycles. The quantitative estimate of drug-likeness (QED) is 0.497. The van der Waals surface area contributed by atoms with Crippen LogP contribution in [0.25, 0.3) is 0 Å². The number of aromatic nitrogens is 2. The van der Waals surface area contributed by atoms with Gasteiger partial charge in [0, 0.05) is 16.5 Å². The lowest BCUT2D eigenvalue weighted by atomic mass is 10.3. The van der Waals surface area contributed by atoms with E-state index in [1.165, 1.54) is 22.7 Å². The van der Waals surface area contributed by atoms with Gasteiger partial charge in [-0.25, -0.2) is 9.97 Å². The lowest BCUT2D eigenvalue weighted by Crippen LogP contribution is -2.03. The zero-order valence-corrected chi connectivity index (χ0v) is 9.89. The van der Waals surface area contributed by atoms with Crippen LogP contribution < -0.4 is 0 Å². The van der Waals surface area contributed by atoms with Crippen molar-refractivity contribution in [2.45, 2.75) is 13.8 Å². The molecule has 2 aromatic heterocycles. The van der Waals surface area contributed by atoms with Crippen molar-refractivity contribution in [1.82, 2.24) is 9.97 Å². The number of hydrogen-bond acceptors (Lipinski definition) is 6. The molecule has 78 valence electrons. The molecule has 0 radical (unpaired) electrons. The van der Waals surface area contributed by atoms with Crippen LogP contribution in [-0.4, -0.2) is 20.9 Å². The Morgan fingerprint density at radius 2 is 2.07 bits per heavy atom. The molecule has 2 rings (SSSR count). The largest absolute Gasteiger partial charge is 0.410 e. The molecule has 1 N–H and O–H groups in total. The fraction of sp³-hybridized carbons (Fsp3) is 0.222. The van der Waals surface area contributed by atoms with E-state index in [9.17, 15) is 0 Å². The van der Waals surface area contributed by atoms with E-state index in [4.69, 9.17) is 5.21 Å². The van der Waals surface area contributed by atoms with Crippen LogP contribution in [0.5, 0.6) is 0 Å². The Kier molecular flexibility index (Phi) is 2.79. The average Bonchev–Trinajstić information content (AvgIpc) is 2.78. The Morgan fingerprint density at radius 3 is 2.53 bits per heavy atom. The first-order valence-corrected chi connectivity index (χ1v) is 6.03. The number of nitrogens with zero attached hydrogens (tertiary/aromatic N) is 3. The van der Waals surface area contributed by atoms with Gasteiger partial charge in [0.2, 0.25) is 0 Å². The van der Waals surface area contributed by atoms with Gasteiger partial charge in [0.1, 0.15) is 10.7 Å². The Labute approximate surface area is 94.9 Å². The highest BCUT2D eigenvalue weighted by atomic mass is 32.1. The lowest BCUT2D eigenvalue weighted by Gasteiger charge is -1.94. The average molecular weight is 239 g/mol. The van der Waals surface area contributed by atoms with E-state index in [-0.39, 0.29) is 0 Å². The highest BCUT2D eigenvalue weighted by molar-refractivity contribution is 7.12. The minimum Gasteiger partial charge on any atom is -0.410 e. The standard InChI is InChI=1S/C9H9N3OS2/c1-5-3-15-9(10-5)8(12-13)7-4-14-6(2)11-7/h3-4,13H,1-2H3. The monoisotopic (exact) mass is 239 g/mol. The Morgan fingerprint density at radius 1 is 1.27 bits per heavy atom. The van der Waals surface area contributed by atoms with Gasteiger partial charge >= 0.3 is 0 Å². The van der Waals surface area contributed by atoms with Crippen molar-refractivity contribution in [2.24, 2.45) is 5.16 Å². The zero-order valence-electron chi connectivity index (χ0n) is 8.26. The van der Waals surface area contributed by atoms with Gasteiger partial charge in [-0.3, -0.25) is 0 Å². The van der Waals surface area contributed by atoms with Crippen molar-refractivity contribution in [3.8, 4) is 0 Å². The summed E-state index contributed by atoms with van der Waals surface area (Å²) in [4.78, 5) is 8.52. The van der Waals surface area contributed by atoms with Gasteiger partial charge in [0.25, 0.3) is 0 Å². The highest BCUT2D eigenvalue weighted by Crippen LogP contribution is 2.17. The maximum absolute atomic E-state index is 8.97. The third-order valence-electron chi connectivity index (χ3n) is 1.78. The van der Waals surface area contributed by atoms with Crippen LogP contribution in [0.3, 0.4) is 0 Å². The van der Waals surface area contributed by atoms with Gasteiger partial charge in [-0.1, -0.05) is 5.16 Å². The normalized spacial score (nSPS) is 12.0. The molecule has 0 amide bonds. The molecule has 0 bridgehead atoms. The molecular weight excluding hydrogens is 230 g/mol. The predicted molar refractivity (Wildman–Crippen MR) is 61.1 cm³/mol. The summed E-state index contributed by atoms with van der Waals surface area (Å²) in [6.07, 6.45) is 0. The van der Waals surface area contributed by atoms with E-state index in [0.717, 1.165) is 10.7 Å². The fourth-order valence-electron chi connectivity index (χ4n) is 1.14. The minimum absolute atomic E-state index is 0.442. The van der Waals surface area contributed by atoms with Gasteiger partial charge in [0.15, 0.2) is 5.71 Å². The van der Waals surface area contributed by atoms with Gasteiger partial charge < -0.3 is 5.21 Å². The van der Waals surface area contributed by atoms with Crippen molar-refractivity contribution in [3.63, 3.8) is 0 Å². The Bertz CT molecular complexity index is 459. The Balaban J connectivity index is 2.42. The first-order valence-electron chi connectivity index (χ1n) is 4.28. The zero-order chi connectivity index (χ0) is 10.8. The smallest absolute Gasteiger partial charge is 0.164 e. The minimum atomic E-state index is 0.442. The molecule has 2 heterocycles. The van der Waals surface area contributed by atoms with E-state index in [1.54, 1.807) is 0 Å². The molecule has 0 spiro atoms. The predicted octanol–water partition coefficient (Wildman–Crippen LogP) is 2.44. The molecule has 2 aromatic rings. The molecule has 0 saturated carbocycles. The molecule has 0 aliphatic rings. The van der Waals surface area contributed by atoms with E-state index < -0.39 is 0 Å². The Hall–Kier alpha value is -1.27. The molecule has 0 aromatic carbocycles. The van der Waals surface area contributed by atoms with Crippen LogP contribution in [0.15, 0.2) is 15.9 Å². The molecule has 4 nitrogen and oxygen atoms in total. The fourth-order valence-corrected chi connectivity index (χ4v) is 2.52. The molecule has 15 heavy (non-hydrogen) atoms. The second kappa shape index (κ2) is 4.08. The lowest BCUT2D eigenvalue weighted by molar-refractivity contribution is 0.319. The molecule has 0 atom stereocenters. The summed E-state index contributed by atoms with van der Waals surface area (Å²) in [6, 6.07) is 0. The number of aryl methyl sites for hydroxylation is 2. The summed E-state index contributed by atoms with van der Waals surface area (Å²) >= 11 is 2.97. The second-order valence-electron chi connectivity index (χ2n) is 2.99. The number of rotatable bonds is 2. The first-order chi connectivity index (χ1) is 7.20. The number of hydrogen-bond donors (Lipinski definition) is 1. The van der Waals surface area contributed by atoms with Crippen molar-refractivity contribution in [2.75, 3.05) is 0 Å². The number of oxime groups is 1. The van der Waals surface area contributed by atoms with Crippen molar-refractivity contribution >= 4 is 28.4 Å². The summed E-state index contributed by atoms with van der Waals surface area (Å²) in [6.45, 7) is 3.82. The van der Waals surface area contributed by atoms with Crippen LogP contribution in [0.1, 0.15) is 21.4 Å². The van der Waals surface area contributed by atoms with Crippen molar-refractivity contribution in [3.05, 3.63) is 32.2 Å². The molecule has 0 aliphatic carbocycles. The summed E-state index contributed by atoms with van der Waals surface area (Å²) < 4.78 is 0. The summed E-state index contributed by atoms with van der Waals surface area (Å²) in [5, 5.41) is 17.7. The third-order valence-corrected chi connectivity index (χ3v) is 3.52. The van der Waals surface area contributed by atoms with E-state index in [0.29, 0.717) is 16.4 Å². The second-order valence-corrected chi connectivity index (χ2v) is 4.91. The molecule has 0 aliphatic heterocycles. The van der Waals surface area contributed by atoms with Gasteiger partial charge in [-0.2, -0.15) is 0 Å². The number of thiazole rings is 2. The van der Waals surface area contributed by atoms with Crippen molar-refractivity contribution < 1.29 is 5.21 Å². The molecular formula is C9H9N3OS2. The SMILES string of the molecule is Cc1csc(C(=NO)c2csc(C)n2)n1. The summed E-state index contributed by atoms with van der Waals surface area (Å²) in [5.74, 6) is 0. The summed E-state index contributed by atoms with van der Waals surface area (Å²) in [7, 11) is 0. The molecule has 6 heteroatoms. The van der Waals surface area contributed by atoms with Gasteiger partial charge in [0.05, 0.1) is 5.01 Å². The van der Waals surface area contributed by atoms with Crippen LogP contribution in [0.4, 0.5) is 0 Å². The molecule has 0 unspecified atom stereocenters. The van der Waals surface area contributed by atoms with Gasteiger partial charge in [-0.15, -0.1) is 22.7 Å². The van der Waals surface area contributed by atoms with Crippen LogP contribution in [-0.2, 0) is 0 Å². The van der Waals surface area contributed by atoms with Gasteiger partial charge in [-0.05, 0) is 13.8 Å². The van der Waals surface area contributed by atoms with E-state index in [2.05, 4.69) is 15.1 Å². The summed E-state index contributed by atoms with van der Waals surface area (Å²) in [5.41, 5.74) is 2.04. The topological polar surface area (TPSA) is 58.4 Å². The van der Waals surface area contributed by atoms with Crippen LogP contribution in [0.2, 0.25) is 0 Å². The maximum Gasteiger partial charge on any atom is 0.164 e. The maximum atomic E-state index is 8.97. The van der Waals surface area contributed by atoms with E-state index >= 15 is 0 Å².